The number of amides is 3. The van der Waals surface area contributed by atoms with Crippen molar-refractivity contribution in [2.45, 2.75) is 39.4 Å². The lowest BCUT2D eigenvalue weighted by molar-refractivity contribution is -0.138. The Kier molecular flexibility index (Phi) is 6.11. The maximum Gasteiger partial charge on any atom is 0.416 e. The normalized spacial score (nSPS) is 18.5. The summed E-state index contributed by atoms with van der Waals surface area (Å²) in [5.41, 5.74) is -1.25. The van der Waals surface area contributed by atoms with E-state index in [0.29, 0.717) is 18.6 Å². The third-order valence-electron chi connectivity index (χ3n) is 6.09. The van der Waals surface area contributed by atoms with Gasteiger partial charge in [0, 0.05) is 25.1 Å². The number of alkyl halides is 3. The first-order chi connectivity index (χ1) is 16.2. The summed E-state index contributed by atoms with van der Waals surface area (Å²) in [5.74, 6) is -1.96. The number of nitrogens with one attached hydrogen (secondary N) is 1. The highest BCUT2D eigenvalue weighted by Gasteiger charge is 2.41. The fourth-order valence-electron chi connectivity index (χ4n) is 4.33. The van der Waals surface area contributed by atoms with Crippen molar-refractivity contribution in [1.82, 2.24) is 9.80 Å². The molecule has 0 bridgehead atoms. The zero-order valence-corrected chi connectivity index (χ0v) is 19.5. The van der Waals surface area contributed by atoms with Gasteiger partial charge in [-0.1, -0.05) is 26.8 Å². The van der Waals surface area contributed by atoms with Gasteiger partial charge in [-0.05, 0) is 41.3 Å². The van der Waals surface area contributed by atoms with Crippen LogP contribution in [-0.4, -0.2) is 53.2 Å². The second-order valence-electron chi connectivity index (χ2n) is 10.0. The number of carbonyl (C=O) groups excluding carboxylic acids is 3. The molecule has 10 heteroatoms. The van der Waals surface area contributed by atoms with E-state index in [0.717, 1.165) is 6.07 Å². The van der Waals surface area contributed by atoms with Crippen LogP contribution in [0.15, 0.2) is 36.4 Å². The Labute approximate surface area is 199 Å². The first-order valence-corrected chi connectivity index (χ1v) is 11.2. The fourth-order valence-corrected chi connectivity index (χ4v) is 4.33. The van der Waals surface area contributed by atoms with Crippen LogP contribution < -0.4 is 5.32 Å². The predicted molar refractivity (Wildman–Crippen MR) is 121 cm³/mol. The smallest absolute Gasteiger partial charge is 0.338 e. The number of halogens is 4. The molecule has 0 radical (unpaired) electrons. The number of piperazine rings is 1. The zero-order chi connectivity index (χ0) is 25.7. The van der Waals surface area contributed by atoms with E-state index in [-0.39, 0.29) is 53.3 Å². The molecule has 4 rings (SSSR count). The molecule has 6 nitrogen and oxygen atoms in total. The molecule has 35 heavy (non-hydrogen) atoms. The topological polar surface area (TPSA) is 69.7 Å². The van der Waals surface area contributed by atoms with Crippen LogP contribution >= 0.6 is 0 Å². The molecule has 0 aliphatic carbocycles. The van der Waals surface area contributed by atoms with E-state index in [2.05, 4.69) is 5.32 Å². The van der Waals surface area contributed by atoms with Crippen LogP contribution in [0, 0.1) is 11.2 Å². The lowest BCUT2D eigenvalue weighted by Gasteiger charge is -2.40. The number of hydrogen-bond donors (Lipinski definition) is 1. The Balaban J connectivity index is 1.65. The van der Waals surface area contributed by atoms with Gasteiger partial charge in [0.05, 0.1) is 23.4 Å². The van der Waals surface area contributed by atoms with Gasteiger partial charge in [-0.3, -0.25) is 14.4 Å². The van der Waals surface area contributed by atoms with Gasteiger partial charge in [-0.25, -0.2) is 4.39 Å². The van der Waals surface area contributed by atoms with E-state index in [1.54, 1.807) is 4.90 Å². The minimum absolute atomic E-state index is 0.0373. The van der Waals surface area contributed by atoms with Gasteiger partial charge >= 0.3 is 6.18 Å². The Morgan fingerprint density at radius 3 is 2.40 bits per heavy atom. The van der Waals surface area contributed by atoms with Crippen molar-refractivity contribution in [3.05, 3.63) is 53.3 Å². The largest absolute Gasteiger partial charge is 0.416 e. The van der Waals surface area contributed by atoms with E-state index in [1.165, 1.54) is 23.1 Å². The molecule has 2 aromatic rings. The predicted octanol–water partition coefficient (Wildman–Crippen LogP) is 4.55. The van der Waals surface area contributed by atoms with E-state index < -0.39 is 35.4 Å². The number of rotatable bonds is 2. The number of fused-ring (bicyclic) bond motifs is 2. The lowest BCUT2D eigenvalue weighted by atomic mass is 9.91. The summed E-state index contributed by atoms with van der Waals surface area (Å²) in [6.45, 7) is 6.21. The van der Waals surface area contributed by atoms with Gasteiger partial charge in [0.1, 0.15) is 11.9 Å². The van der Waals surface area contributed by atoms with Crippen molar-refractivity contribution in [3.8, 4) is 11.1 Å². The van der Waals surface area contributed by atoms with Crippen LogP contribution in [0.4, 0.5) is 23.2 Å². The van der Waals surface area contributed by atoms with Crippen molar-refractivity contribution in [2.24, 2.45) is 5.41 Å². The van der Waals surface area contributed by atoms with Crippen LogP contribution in [0.5, 0.6) is 0 Å². The molecule has 0 aromatic heterocycles. The molecule has 1 N–H and O–H groups in total. The first-order valence-electron chi connectivity index (χ1n) is 11.2. The van der Waals surface area contributed by atoms with Crippen molar-refractivity contribution >= 4 is 23.4 Å². The molecule has 2 aromatic carbocycles. The third kappa shape index (κ3) is 5.01. The van der Waals surface area contributed by atoms with Crippen LogP contribution in [-0.2, 0) is 15.8 Å². The summed E-state index contributed by atoms with van der Waals surface area (Å²) in [5, 5.41) is 2.68. The Hall–Kier alpha value is -3.43. The van der Waals surface area contributed by atoms with E-state index >= 15 is 0 Å². The minimum Gasteiger partial charge on any atom is -0.338 e. The Morgan fingerprint density at radius 1 is 1.03 bits per heavy atom. The summed E-state index contributed by atoms with van der Waals surface area (Å²) >= 11 is 0. The minimum atomic E-state index is -4.66. The van der Waals surface area contributed by atoms with Crippen molar-refractivity contribution in [1.29, 1.82) is 0 Å². The molecule has 1 atom stereocenters. The van der Waals surface area contributed by atoms with Gasteiger partial charge in [-0.2, -0.15) is 13.2 Å². The Bertz CT molecular complexity index is 1200. The van der Waals surface area contributed by atoms with Gasteiger partial charge in [-0.15, -0.1) is 0 Å². The highest BCUT2D eigenvalue weighted by molar-refractivity contribution is 6.10. The summed E-state index contributed by atoms with van der Waals surface area (Å²) in [7, 11) is 0. The van der Waals surface area contributed by atoms with E-state index in [1.807, 2.05) is 20.8 Å². The summed E-state index contributed by atoms with van der Waals surface area (Å²) in [4.78, 5) is 41.9. The Morgan fingerprint density at radius 2 is 1.74 bits per heavy atom. The molecule has 2 aliphatic rings. The SMILES string of the molecule is CC(C)(C)CC(=O)N1CCN2C(=O)c3cc(-c4cc(C(F)(F)F)ccc4F)ccc3NC(=O)C2C1. The highest BCUT2D eigenvalue weighted by Crippen LogP contribution is 2.36. The van der Waals surface area contributed by atoms with Crippen molar-refractivity contribution in [2.75, 3.05) is 25.0 Å². The summed E-state index contributed by atoms with van der Waals surface area (Å²) in [6, 6.07) is 5.18. The van der Waals surface area contributed by atoms with Crippen molar-refractivity contribution in [3.63, 3.8) is 0 Å². The average molecular weight is 491 g/mol. The molecule has 0 spiro atoms. The fraction of sp³-hybridized carbons (Fsp3) is 0.400. The summed E-state index contributed by atoms with van der Waals surface area (Å²) < 4.78 is 53.9. The number of anilines is 1. The standard InChI is InChI=1S/C25H25F4N3O3/c1-24(2,3)12-21(33)31-8-9-32-20(13-31)22(34)30-19-7-4-14(10-17(19)23(32)35)16-11-15(25(27,28)29)5-6-18(16)26/h4-7,10-11,20H,8-9,12-13H2,1-3H3,(H,30,34). The first kappa shape index (κ1) is 24.7. The average Bonchev–Trinajstić information content (AvgIpc) is 2.86. The van der Waals surface area contributed by atoms with Gasteiger partial charge in [0.15, 0.2) is 0 Å². The molecular weight excluding hydrogens is 466 g/mol. The molecule has 1 unspecified atom stereocenters. The van der Waals surface area contributed by atoms with Crippen molar-refractivity contribution < 1.29 is 31.9 Å². The summed E-state index contributed by atoms with van der Waals surface area (Å²) in [6.07, 6.45) is -4.36. The number of nitrogens with zero attached hydrogens (tertiary/aromatic N) is 2. The molecule has 2 heterocycles. The molecule has 0 saturated carbocycles. The van der Waals surface area contributed by atoms with Crippen LogP contribution in [0.3, 0.4) is 0 Å². The zero-order valence-electron chi connectivity index (χ0n) is 19.5. The second-order valence-corrected chi connectivity index (χ2v) is 10.0. The maximum absolute atomic E-state index is 14.4. The lowest BCUT2D eigenvalue weighted by Crippen LogP contribution is -2.59. The number of benzene rings is 2. The monoisotopic (exact) mass is 491 g/mol. The molecule has 3 amide bonds. The molecule has 186 valence electrons. The van der Waals surface area contributed by atoms with Gasteiger partial charge < -0.3 is 15.1 Å². The maximum atomic E-state index is 14.4. The van der Waals surface area contributed by atoms with Crippen LogP contribution in [0.1, 0.15) is 43.1 Å². The van der Waals surface area contributed by atoms with Gasteiger partial charge in [0.2, 0.25) is 11.8 Å². The van der Waals surface area contributed by atoms with Crippen LogP contribution in [0.25, 0.3) is 11.1 Å². The van der Waals surface area contributed by atoms with Gasteiger partial charge in [0.25, 0.3) is 5.91 Å². The highest BCUT2D eigenvalue weighted by atomic mass is 19.4. The quantitative estimate of drug-likeness (QED) is 0.627. The molecular formula is C25H25F4N3O3. The molecule has 2 aliphatic heterocycles. The third-order valence-corrected chi connectivity index (χ3v) is 6.09. The van der Waals surface area contributed by atoms with Crippen LogP contribution in [0.2, 0.25) is 0 Å². The number of hydrogen-bond acceptors (Lipinski definition) is 3. The number of carbonyl (C=O) groups is 3. The molecule has 1 saturated heterocycles. The van der Waals surface area contributed by atoms with E-state index in [9.17, 15) is 31.9 Å². The van der Waals surface area contributed by atoms with E-state index in [4.69, 9.17) is 0 Å². The molecule has 1 fully saturated rings. The second kappa shape index (κ2) is 8.66.